The van der Waals surface area contributed by atoms with Gasteiger partial charge in [0.1, 0.15) is 25.4 Å². The Bertz CT molecular complexity index is 821. The summed E-state index contributed by atoms with van der Waals surface area (Å²) in [5, 5.41) is 0.00637. The van der Waals surface area contributed by atoms with Crippen LogP contribution in [0.3, 0.4) is 0 Å². The van der Waals surface area contributed by atoms with Gasteiger partial charge in [-0.25, -0.2) is 4.79 Å². The molecule has 0 unspecified atom stereocenters. The van der Waals surface area contributed by atoms with E-state index in [1.54, 1.807) is 34.3 Å². The maximum absolute atomic E-state index is 11.9. The molecule has 3 atom stereocenters. The van der Waals surface area contributed by atoms with Crippen LogP contribution in [-0.2, 0) is 44.2 Å². The van der Waals surface area contributed by atoms with Gasteiger partial charge in [-0.3, -0.25) is 0 Å². The van der Waals surface area contributed by atoms with Crippen LogP contribution in [0.15, 0.2) is 36.4 Å². The summed E-state index contributed by atoms with van der Waals surface area (Å²) in [7, 11) is 2.65. The normalized spacial score (nSPS) is 14.8. The van der Waals surface area contributed by atoms with E-state index in [1.807, 2.05) is 24.3 Å². The molecule has 0 aliphatic heterocycles. The second-order valence-corrected chi connectivity index (χ2v) is 15.5. The molecule has 224 valence electrons. The van der Waals surface area contributed by atoms with Gasteiger partial charge in [0, 0.05) is 26.7 Å². The first kappa shape index (κ1) is 35.2. The second kappa shape index (κ2) is 18.5. The molecular formula is C29H50O9Si. The Morgan fingerprint density at radius 1 is 0.974 bits per heavy atom. The number of benzene rings is 1. The third-order valence-electron chi connectivity index (χ3n) is 6.63. The van der Waals surface area contributed by atoms with Crippen LogP contribution >= 0.6 is 0 Å². The van der Waals surface area contributed by atoms with Gasteiger partial charge in [0.05, 0.1) is 39.1 Å². The Balaban J connectivity index is 3.08. The second-order valence-electron chi connectivity index (χ2n) is 10.7. The molecule has 10 heteroatoms. The lowest BCUT2D eigenvalue weighted by Gasteiger charge is -2.40. The molecule has 0 aliphatic rings. The van der Waals surface area contributed by atoms with E-state index in [9.17, 15) is 4.79 Å². The van der Waals surface area contributed by atoms with Gasteiger partial charge in [-0.1, -0.05) is 39.0 Å². The average molecular weight is 571 g/mol. The minimum absolute atomic E-state index is 0.00637. The first-order valence-corrected chi connectivity index (χ1v) is 16.3. The molecule has 0 fully saturated rings. The summed E-state index contributed by atoms with van der Waals surface area (Å²) in [6, 6.07) is 7.72. The number of ether oxygens (including phenoxy) is 7. The maximum Gasteiger partial charge on any atom is 0.330 e. The molecule has 0 amide bonds. The Kier molecular flexibility index (Phi) is 16.7. The van der Waals surface area contributed by atoms with Crippen LogP contribution in [-0.4, -0.2) is 80.7 Å². The fourth-order valence-corrected chi connectivity index (χ4v) is 4.85. The zero-order valence-corrected chi connectivity index (χ0v) is 26.3. The summed E-state index contributed by atoms with van der Waals surface area (Å²) in [6.07, 6.45) is 3.18. The zero-order chi connectivity index (χ0) is 29.3. The Morgan fingerprint density at radius 3 is 2.13 bits per heavy atom. The van der Waals surface area contributed by atoms with Crippen LogP contribution in [0.1, 0.15) is 46.1 Å². The van der Waals surface area contributed by atoms with Gasteiger partial charge in [-0.15, -0.1) is 0 Å². The quantitative estimate of drug-likeness (QED) is 0.0875. The predicted molar refractivity (Wildman–Crippen MR) is 153 cm³/mol. The number of carbonyl (C=O) groups is 1. The van der Waals surface area contributed by atoms with Gasteiger partial charge < -0.3 is 37.6 Å². The van der Waals surface area contributed by atoms with E-state index in [1.165, 1.54) is 6.08 Å². The molecule has 1 aromatic rings. The number of hydrogen-bond acceptors (Lipinski definition) is 9. The summed E-state index contributed by atoms with van der Waals surface area (Å²) >= 11 is 0. The monoisotopic (exact) mass is 570 g/mol. The third kappa shape index (κ3) is 13.9. The molecule has 39 heavy (non-hydrogen) atoms. The highest BCUT2D eigenvalue weighted by Gasteiger charge is 2.40. The van der Waals surface area contributed by atoms with Crippen molar-refractivity contribution in [3.63, 3.8) is 0 Å². The van der Waals surface area contributed by atoms with Crippen LogP contribution in [0.25, 0.3) is 0 Å². The van der Waals surface area contributed by atoms with Crippen molar-refractivity contribution in [3.8, 4) is 5.75 Å². The maximum atomic E-state index is 11.9. The molecule has 0 saturated carbocycles. The zero-order valence-electron chi connectivity index (χ0n) is 25.3. The highest BCUT2D eigenvalue weighted by Crippen LogP contribution is 2.38. The molecule has 1 rings (SSSR count). The molecule has 0 spiro atoms. The average Bonchev–Trinajstić information content (AvgIpc) is 2.88. The molecule has 0 aliphatic carbocycles. The fraction of sp³-hybridized carbons (Fsp3) is 0.690. The lowest BCUT2D eigenvalue weighted by Crippen LogP contribution is -2.46. The minimum atomic E-state index is -2.14. The Labute approximate surface area is 236 Å². The molecule has 0 heterocycles. The van der Waals surface area contributed by atoms with Gasteiger partial charge in [0.25, 0.3) is 0 Å². The van der Waals surface area contributed by atoms with Crippen LogP contribution in [0.2, 0.25) is 18.1 Å². The Morgan fingerprint density at radius 2 is 1.59 bits per heavy atom. The SMILES string of the molecule is CCOC(=O)/C=C\C[C@H](C[C@@H](OCOC)[C@@H](COCc1ccc(OC)cc1)OCOC)O[Si](C)(C)C(C)(C)C. The number of esters is 1. The van der Waals surface area contributed by atoms with E-state index >= 15 is 0 Å². The standard InChI is InChI=1S/C29H50O9Si/c1-10-35-28(30)13-11-12-25(38-39(8,9)29(2,3)4)18-26(36-21-31-5)27(37-22-32-6)20-34-19-23-14-16-24(33-7)17-15-23/h11,13-17,25-27H,10,12,18-22H2,1-9H3/b13-11-/t25-,26-,27-/m1/s1. The van der Waals surface area contributed by atoms with Crippen molar-refractivity contribution in [2.75, 3.05) is 48.1 Å². The van der Waals surface area contributed by atoms with E-state index in [-0.39, 0.29) is 37.3 Å². The lowest BCUT2D eigenvalue weighted by atomic mass is 10.0. The Hall–Kier alpha value is -1.79. The fourth-order valence-electron chi connectivity index (χ4n) is 3.47. The van der Waals surface area contributed by atoms with Crippen LogP contribution in [0, 0.1) is 0 Å². The van der Waals surface area contributed by atoms with Crippen molar-refractivity contribution in [2.24, 2.45) is 0 Å². The molecule has 9 nitrogen and oxygen atoms in total. The van der Waals surface area contributed by atoms with Crippen molar-refractivity contribution < 1.29 is 42.4 Å². The largest absolute Gasteiger partial charge is 0.497 e. The van der Waals surface area contributed by atoms with E-state index in [4.69, 9.17) is 37.6 Å². The van der Waals surface area contributed by atoms with Crippen LogP contribution in [0.4, 0.5) is 0 Å². The number of hydrogen-bond donors (Lipinski definition) is 0. The topological polar surface area (TPSA) is 90.9 Å². The summed E-state index contributed by atoms with van der Waals surface area (Å²) < 4.78 is 45.6. The summed E-state index contributed by atoms with van der Waals surface area (Å²) in [4.78, 5) is 11.9. The van der Waals surface area contributed by atoms with Crippen LogP contribution in [0.5, 0.6) is 5.75 Å². The van der Waals surface area contributed by atoms with Gasteiger partial charge in [-0.05, 0) is 49.2 Å². The van der Waals surface area contributed by atoms with E-state index in [0.29, 0.717) is 26.1 Å². The molecule has 1 aromatic carbocycles. The summed E-state index contributed by atoms with van der Waals surface area (Å²) in [5.74, 6) is 0.418. The highest BCUT2D eigenvalue weighted by molar-refractivity contribution is 6.74. The number of rotatable bonds is 20. The van der Waals surface area contributed by atoms with Gasteiger partial charge in [0.2, 0.25) is 0 Å². The van der Waals surface area contributed by atoms with Crippen molar-refractivity contribution >= 4 is 14.3 Å². The van der Waals surface area contributed by atoms with Gasteiger partial charge in [0.15, 0.2) is 8.32 Å². The molecule has 0 radical (unpaired) electrons. The van der Waals surface area contributed by atoms with Gasteiger partial charge >= 0.3 is 5.97 Å². The van der Waals surface area contributed by atoms with Crippen LogP contribution < -0.4 is 4.74 Å². The van der Waals surface area contributed by atoms with Crippen molar-refractivity contribution in [3.05, 3.63) is 42.0 Å². The summed E-state index contributed by atoms with van der Waals surface area (Å²) in [6.45, 7) is 14.0. The molecule has 0 saturated heterocycles. The van der Waals surface area contributed by atoms with E-state index in [2.05, 4.69) is 33.9 Å². The number of methoxy groups -OCH3 is 3. The summed E-state index contributed by atoms with van der Waals surface area (Å²) in [5.41, 5.74) is 1.01. The predicted octanol–water partition coefficient (Wildman–Crippen LogP) is 5.48. The first-order valence-electron chi connectivity index (χ1n) is 13.4. The van der Waals surface area contributed by atoms with E-state index < -0.39 is 20.5 Å². The number of carbonyl (C=O) groups excluding carboxylic acids is 1. The van der Waals surface area contributed by atoms with Crippen molar-refractivity contribution in [2.45, 2.75) is 83.6 Å². The van der Waals surface area contributed by atoms with Gasteiger partial charge in [-0.2, -0.15) is 0 Å². The molecule has 0 N–H and O–H groups in total. The third-order valence-corrected chi connectivity index (χ3v) is 11.2. The van der Waals surface area contributed by atoms with E-state index in [0.717, 1.165) is 11.3 Å². The highest BCUT2D eigenvalue weighted by atomic mass is 28.4. The molecule has 0 bridgehead atoms. The molecular weight excluding hydrogens is 520 g/mol. The smallest absolute Gasteiger partial charge is 0.330 e. The van der Waals surface area contributed by atoms with Crippen molar-refractivity contribution in [1.29, 1.82) is 0 Å². The lowest BCUT2D eigenvalue weighted by molar-refractivity contribution is -0.179. The minimum Gasteiger partial charge on any atom is -0.497 e. The molecule has 0 aromatic heterocycles. The van der Waals surface area contributed by atoms with Crippen molar-refractivity contribution in [1.82, 2.24) is 0 Å². The first-order chi connectivity index (χ1) is 18.5.